The Hall–Kier alpha value is -4.34. The molecular weight excluding hydrogens is 774 g/mol. The molecule has 4 aromatic rings. The topological polar surface area (TPSA) is 204 Å². The van der Waals surface area contributed by atoms with Crippen LogP contribution in [0, 0.1) is 5.41 Å². The number of benzene rings is 3. The second-order valence-corrected chi connectivity index (χ2v) is 16.7. The monoisotopic (exact) mass is 821 g/mol. The van der Waals surface area contributed by atoms with Gasteiger partial charge in [0.15, 0.2) is 6.10 Å². The van der Waals surface area contributed by atoms with Crippen molar-refractivity contribution < 1.29 is 54.5 Å². The van der Waals surface area contributed by atoms with Crippen LogP contribution in [0.25, 0.3) is 23.1 Å². The van der Waals surface area contributed by atoms with Crippen LogP contribution >= 0.6 is 23.4 Å². The summed E-state index contributed by atoms with van der Waals surface area (Å²) in [6.45, 7) is 4.65. The fourth-order valence-electron chi connectivity index (χ4n) is 6.66. The number of aromatic nitrogens is 1. The first-order valence-corrected chi connectivity index (χ1v) is 20.0. The molecule has 12 nitrogen and oxygen atoms in total. The first-order valence-electron chi connectivity index (χ1n) is 18.5. The van der Waals surface area contributed by atoms with E-state index in [-0.39, 0.29) is 17.1 Å². The number of thioether (sulfide) groups is 1. The number of pyridine rings is 1. The maximum atomic E-state index is 13.1. The van der Waals surface area contributed by atoms with Gasteiger partial charge in [0.1, 0.15) is 18.3 Å². The van der Waals surface area contributed by atoms with Gasteiger partial charge in [-0.2, -0.15) is 11.8 Å². The number of aliphatic hydroxyl groups is 4. The Bertz CT molecular complexity index is 2080. The fraction of sp³-hybridized carbons (Fsp3) is 0.395. The van der Waals surface area contributed by atoms with Gasteiger partial charge in [0.25, 0.3) is 5.97 Å². The zero-order chi connectivity index (χ0) is 41.5. The molecule has 0 radical (unpaired) electrons. The molecule has 2 aliphatic rings. The number of carbonyl (C=O) groups is 3. The highest BCUT2D eigenvalue weighted by atomic mass is 35.5. The van der Waals surface area contributed by atoms with Crippen LogP contribution < -0.4 is 0 Å². The lowest BCUT2D eigenvalue weighted by molar-refractivity contribution is -0.286. The van der Waals surface area contributed by atoms with Gasteiger partial charge in [0.05, 0.1) is 23.2 Å². The van der Waals surface area contributed by atoms with Crippen molar-refractivity contribution in [3.8, 4) is 0 Å². The largest absolute Gasteiger partial charge is 0.481 e. The summed E-state index contributed by atoms with van der Waals surface area (Å²) in [5.41, 5.74) is 4.30. The number of carbonyl (C=O) groups excluding carboxylic acids is 1. The van der Waals surface area contributed by atoms with Crippen molar-refractivity contribution in [2.75, 3.05) is 5.75 Å². The second-order valence-electron chi connectivity index (χ2n) is 15.1. The molecule has 14 heteroatoms. The maximum absolute atomic E-state index is 13.1. The van der Waals surface area contributed by atoms with Gasteiger partial charge >= 0.3 is 11.9 Å². The van der Waals surface area contributed by atoms with Crippen LogP contribution in [0.15, 0.2) is 78.9 Å². The number of esters is 1. The Kier molecular flexibility index (Phi) is 14.5. The number of aliphatic hydroxyl groups excluding tert-OH is 3. The quantitative estimate of drug-likeness (QED) is 0.0765. The number of halogens is 1. The van der Waals surface area contributed by atoms with E-state index in [1.165, 1.54) is 0 Å². The van der Waals surface area contributed by atoms with E-state index in [9.17, 15) is 35.1 Å². The Morgan fingerprint density at radius 3 is 2.35 bits per heavy atom. The molecule has 6 N–H and O–H groups in total. The fourth-order valence-corrected chi connectivity index (χ4v) is 8.40. The van der Waals surface area contributed by atoms with Crippen molar-refractivity contribution in [3.63, 3.8) is 0 Å². The average molecular weight is 822 g/mol. The van der Waals surface area contributed by atoms with Crippen molar-refractivity contribution in [3.05, 3.63) is 112 Å². The molecule has 6 atom stereocenters. The van der Waals surface area contributed by atoms with Gasteiger partial charge in [-0.05, 0) is 91.5 Å². The number of hydrogen-bond donors (Lipinski definition) is 6. The highest BCUT2D eigenvalue weighted by Crippen LogP contribution is 2.54. The molecular formula is C43H48ClNO11S. The van der Waals surface area contributed by atoms with Crippen LogP contribution in [0.1, 0.15) is 79.7 Å². The SMILES string of the molecule is CC(=O)O.CC(C)(O)c1ccccc1CC[C@@H](SCC1(CC(=O)OC2OC(C(=O)O)C(O)C(O)C2O)CC1)c1cccc(/C=C/c2ccc3ccc(Cl)cc3n2)c1. The number of ether oxygens (including phenoxy) is 2. The summed E-state index contributed by atoms with van der Waals surface area (Å²) in [5, 5.41) is 59.7. The Morgan fingerprint density at radius 1 is 0.965 bits per heavy atom. The van der Waals surface area contributed by atoms with Crippen LogP contribution in [0.5, 0.6) is 0 Å². The first kappa shape index (κ1) is 43.8. The third kappa shape index (κ3) is 12.1. The molecule has 57 heavy (non-hydrogen) atoms. The lowest BCUT2D eigenvalue weighted by Crippen LogP contribution is -2.60. The highest BCUT2D eigenvalue weighted by Gasteiger charge is 2.50. The molecule has 3 aromatic carbocycles. The summed E-state index contributed by atoms with van der Waals surface area (Å²) >= 11 is 7.94. The molecule has 1 aliphatic carbocycles. The minimum atomic E-state index is -1.88. The van der Waals surface area contributed by atoms with E-state index in [1.807, 2.05) is 78.9 Å². The van der Waals surface area contributed by atoms with Gasteiger partial charge in [-0.1, -0.05) is 78.3 Å². The van der Waals surface area contributed by atoms with Crippen molar-refractivity contribution in [1.82, 2.24) is 4.98 Å². The molecule has 0 bridgehead atoms. The molecule has 1 saturated carbocycles. The summed E-state index contributed by atoms with van der Waals surface area (Å²) < 4.78 is 10.5. The summed E-state index contributed by atoms with van der Waals surface area (Å²) in [5.74, 6) is -2.44. The van der Waals surface area contributed by atoms with Gasteiger partial charge in [-0.25, -0.2) is 9.78 Å². The van der Waals surface area contributed by atoms with Crippen LogP contribution in [-0.4, -0.2) is 90.0 Å². The smallest absolute Gasteiger partial charge is 0.335 e. The standard InChI is InChI=1S/C41H44ClNO9S.C2H4O2/c1-40(2,50)30-9-4-3-7-25(30)13-17-32(27-8-5-6-24(20-27)10-15-29-16-12-26-11-14-28(42)21-31(26)43-29)53-23-41(18-19-41)22-33(44)51-39-36(47)34(45)35(46)37(52-39)38(48)49;1-2(3)4/h3-12,14-16,20-21,32,34-37,39,45-47,50H,13,17-19,22-23H2,1-2H3,(H,48,49);1H3,(H,3,4)/b15-10+;/t32-,34?,35?,36?,37?,39?;/m1./s1. The predicted octanol–water partition coefficient (Wildman–Crippen LogP) is 6.39. The molecule has 1 aliphatic heterocycles. The number of fused-ring (bicyclic) bond motifs is 1. The zero-order valence-corrected chi connectivity index (χ0v) is 33.4. The number of aliphatic carboxylic acids is 2. The molecule has 304 valence electrons. The van der Waals surface area contributed by atoms with E-state index in [1.54, 1.807) is 25.6 Å². The molecule has 2 heterocycles. The van der Waals surface area contributed by atoms with Gasteiger partial charge in [-0.3, -0.25) is 9.59 Å². The van der Waals surface area contributed by atoms with E-state index < -0.39 is 54.2 Å². The average Bonchev–Trinajstić information content (AvgIpc) is 3.92. The van der Waals surface area contributed by atoms with E-state index in [2.05, 4.69) is 12.1 Å². The van der Waals surface area contributed by atoms with Gasteiger partial charge in [0.2, 0.25) is 6.29 Å². The van der Waals surface area contributed by atoms with Gasteiger partial charge in [-0.15, -0.1) is 0 Å². The van der Waals surface area contributed by atoms with Crippen LogP contribution in [0.2, 0.25) is 5.02 Å². The Morgan fingerprint density at radius 2 is 1.67 bits per heavy atom. The third-order valence-corrected chi connectivity index (χ3v) is 11.8. The summed E-state index contributed by atoms with van der Waals surface area (Å²) in [6, 6.07) is 25.8. The summed E-state index contributed by atoms with van der Waals surface area (Å²) in [6.07, 6.45) is -2.07. The van der Waals surface area contributed by atoms with Crippen molar-refractivity contribution >= 4 is 64.3 Å². The molecule has 5 unspecified atom stereocenters. The van der Waals surface area contributed by atoms with E-state index >= 15 is 0 Å². The maximum Gasteiger partial charge on any atom is 0.335 e. The highest BCUT2D eigenvalue weighted by molar-refractivity contribution is 7.99. The number of hydrogen-bond acceptors (Lipinski definition) is 11. The third-order valence-electron chi connectivity index (χ3n) is 9.88. The lowest BCUT2D eigenvalue weighted by Gasteiger charge is -2.38. The number of rotatable bonds is 14. The number of aryl methyl sites for hydroxylation is 1. The summed E-state index contributed by atoms with van der Waals surface area (Å²) in [4.78, 5) is 38.3. The first-order chi connectivity index (χ1) is 26.9. The van der Waals surface area contributed by atoms with Crippen molar-refractivity contribution in [1.29, 1.82) is 0 Å². The molecule has 1 saturated heterocycles. The normalized spacial score (nSPS) is 22.0. The van der Waals surface area contributed by atoms with Gasteiger partial charge < -0.3 is 40.1 Å². The van der Waals surface area contributed by atoms with Crippen molar-refractivity contribution in [2.45, 2.75) is 94.4 Å². The summed E-state index contributed by atoms with van der Waals surface area (Å²) in [7, 11) is 0. The number of carboxylic acid groups (broad SMARTS) is 2. The Labute approximate surface area is 340 Å². The zero-order valence-electron chi connectivity index (χ0n) is 31.8. The van der Waals surface area contributed by atoms with E-state index in [0.717, 1.165) is 65.0 Å². The van der Waals surface area contributed by atoms with Crippen LogP contribution in [-0.2, 0) is 35.9 Å². The molecule has 6 rings (SSSR count). The minimum Gasteiger partial charge on any atom is -0.481 e. The molecule has 1 aromatic heterocycles. The Balaban J connectivity index is 0.00000148. The lowest BCUT2D eigenvalue weighted by atomic mass is 9.90. The predicted molar refractivity (Wildman–Crippen MR) is 217 cm³/mol. The minimum absolute atomic E-state index is 0.0178. The molecule has 0 amide bonds. The van der Waals surface area contributed by atoms with Gasteiger partial charge in [0, 0.05) is 28.3 Å². The van der Waals surface area contributed by atoms with E-state index in [4.69, 9.17) is 36.0 Å². The number of nitrogens with zero attached hydrogens (tertiary/aromatic N) is 1. The number of carboxylic acids is 2. The van der Waals surface area contributed by atoms with Crippen molar-refractivity contribution in [2.24, 2.45) is 5.41 Å². The molecule has 2 fully saturated rings. The van der Waals surface area contributed by atoms with Crippen LogP contribution in [0.4, 0.5) is 0 Å². The van der Waals surface area contributed by atoms with Crippen LogP contribution in [0.3, 0.4) is 0 Å². The molecule has 0 spiro atoms. The van der Waals surface area contributed by atoms with E-state index in [0.29, 0.717) is 17.2 Å². The second kappa shape index (κ2) is 18.9.